The molecule has 0 unspecified atom stereocenters. The third-order valence-electron chi connectivity index (χ3n) is 2.25. The first kappa shape index (κ1) is 12.8. The minimum Gasteiger partial charge on any atom is -0.383 e. The highest BCUT2D eigenvalue weighted by Gasteiger charge is 2.14. The lowest BCUT2D eigenvalue weighted by atomic mass is 10.1. The van der Waals surface area contributed by atoms with E-state index in [1.165, 1.54) is 4.68 Å². The fraction of sp³-hybridized carbons (Fsp3) is 0.231. The molecule has 0 fully saturated rings. The highest BCUT2D eigenvalue weighted by molar-refractivity contribution is 5.72. The zero-order valence-corrected chi connectivity index (χ0v) is 10.3. The fourth-order valence-corrected chi connectivity index (χ4v) is 1.45. The lowest BCUT2D eigenvalue weighted by molar-refractivity contribution is 0.782. The van der Waals surface area contributed by atoms with Crippen molar-refractivity contribution in [3.8, 4) is 17.3 Å². The largest absolute Gasteiger partial charge is 0.383 e. The standard InChI is InChI=1S/C11H10N4.C2H6/c1-15-11(13)9(7-12)10(14-15)8-5-3-2-4-6-8;1-2/h2-6H,13H2,1H3;1-2H3. The lowest BCUT2D eigenvalue weighted by Crippen LogP contribution is -1.97. The van der Waals surface area contributed by atoms with Crippen LogP contribution in [0.25, 0.3) is 11.3 Å². The molecule has 88 valence electrons. The number of nitriles is 1. The van der Waals surface area contributed by atoms with Gasteiger partial charge in [0.2, 0.25) is 0 Å². The monoisotopic (exact) mass is 228 g/mol. The van der Waals surface area contributed by atoms with Crippen LogP contribution < -0.4 is 5.73 Å². The number of rotatable bonds is 1. The van der Waals surface area contributed by atoms with E-state index in [1.807, 2.05) is 44.2 Å². The van der Waals surface area contributed by atoms with Gasteiger partial charge in [0.25, 0.3) is 0 Å². The van der Waals surface area contributed by atoms with Crippen molar-refractivity contribution in [2.75, 3.05) is 5.73 Å². The van der Waals surface area contributed by atoms with E-state index in [0.29, 0.717) is 17.1 Å². The molecule has 1 aromatic carbocycles. The molecule has 2 rings (SSSR count). The molecule has 0 radical (unpaired) electrons. The number of hydrogen-bond acceptors (Lipinski definition) is 3. The van der Waals surface area contributed by atoms with Crippen LogP contribution in [0.3, 0.4) is 0 Å². The Kier molecular flexibility index (Phi) is 4.29. The molecule has 1 aromatic heterocycles. The maximum Gasteiger partial charge on any atom is 0.140 e. The van der Waals surface area contributed by atoms with Crippen molar-refractivity contribution >= 4 is 5.82 Å². The molecule has 0 aliphatic heterocycles. The summed E-state index contributed by atoms with van der Waals surface area (Å²) in [6.07, 6.45) is 0. The van der Waals surface area contributed by atoms with Crippen molar-refractivity contribution < 1.29 is 0 Å². The van der Waals surface area contributed by atoms with Gasteiger partial charge in [0.05, 0.1) is 0 Å². The topological polar surface area (TPSA) is 67.6 Å². The quantitative estimate of drug-likeness (QED) is 0.815. The zero-order valence-electron chi connectivity index (χ0n) is 10.3. The second kappa shape index (κ2) is 5.71. The van der Waals surface area contributed by atoms with Crippen LogP contribution in [-0.2, 0) is 7.05 Å². The molecule has 0 atom stereocenters. The number of benzene rings is 1. The van der Waals surface area contributed by atoms with Gasteiger partial charge in [-0.2, -0.15) is 10.4 Å². The first-order valence-electron chi connectivity index (χ1n) is 5.52. The first-order valence-corrected chi connectivity index (χ1v) is 5.52. The Morgan fingerprint density at radius 2 is 1.82 bits per heavy atom. The maximum absolute atomic E-state index is 8.99. The molecule has 0 amide bonds. The number of anilines is 1. The van der Waals surface area contributed by atoms with Gasteiger partial charge >= 0.3 is 0 Å². The summed E-state index contributed by atoms with van der Waals surface area (Å²) in [5.74, 6) is 0.399. The normalized spacial score (nSPS) is 9.06. The predicted octanol–water partition coefficient (Wildman–Crippen LogP) is 2.57. The summed E-state index contributed by atoms with van der Waals surface area (Å²) in [7, 11) is 1.72. The van der Waals surface area contributed by atoms with Crippen LogP contribution >= 0.6 is 0 Å². The van der Waals surface area contributed by atoms with Crippen molar-refractivity contribution in [3.63, 3.8) is 0 Å². The van der Waals surface area contributed by atoms with Crippen molar-refractivity contribution in [2.45, 2.75) is 13.8 Å². The molecule has 0 bridgehead atoms. The van der Waals surface area contributed by atoms with Gasteiger partial charge in [0, 0.05) is 12.6 Å². The van der Waals surface area contributed by atoms with Crippen molar-refractivity contribution in [1.82, 2.24) is 9.78 Å². The van der Waals surface area contributed by atoms with Gasteiger partial charge < -0.3 is 5.73 Å². The smallest absolute Gasteiger partial charge is 0.140 e. The van der Waals surface area contributed by atoms with Crippen molar-refractivity contribution in [2.24, 2.45) is 7.05 Å². The molecule has 4 heteroatoms. The van der Waals surface area contributed by atoms with Gasteiger partial charge in [-0.1, -0.05) is 44.2 Å². The number of nitrogens with zero attached hydrogens (tertiary/aromatic N) is 3. The SMILES string of the molecule is CC.Cn1nc(-c2ccccc2)c(C#N)c1N. The Labute approximate surface area is 101 Å². The van der Waals surface area contributed by atoms with Gasteiger partial charge in [0.1, 0.15) is 23.1 Å². The maximum atomic E-state index is 8.99. The minimum absolute atomic E-state index is 0.399. The fourth-order valence-electron chi connectivity index (χ4n) is 1.45. The van der Waals surface area contributed by atoms with E-state index in [0.717, 1.165) is 5.56 Å². The summed E-state index contributed by atoms with van der Waals surface area (Å²) in [5.41, 5.74) is 7.70. The van der Waals surface area contributed by atoms with Gasteiger partial charge in [-0.3, -0.25) is 4.68 Å². The van der Waals surface area contributed by atoms with E-state index in [9.17, 15) is 0 Å². The number of nitrogen functional groups attached to an aromatic ring is 1. The van der Waals surface area contributed by atoms with Crippen molar-refractivity contribution in [3.05, 3.63) is 35.9 Å². The van der Waals surface area contributed by atoms with E-state index >= 15 is 0 Å². The number of aromatic nitrogens is 2. The first-order chi connectivity index (χ1) is 8.24. The third-order valence-corrected chi connectivity index (χ3v) is 2.25. The average molecular weight is 228 g/mol. The molecule has 0 aliphatic carbocycles. The Hall–Kier alpha value is -2.28. The zero-order chi connectivity index (χ0) is 12.8. The molecule has 0 saturated heterocycles. The van der Waals surface area contributed by atoms with Crippen LogP contribution in [-0.4, -0.2) is 9.78 Å². The molecule has 17 heavy (non-hydrogen) atoms. The Balaban J connectivity index is 0.000000686. The Morgan fingerprint density at radius 3 is 2.35 bits per heavy atom. The summed E-state index contributed by atoms with van der Waals surface area (Å²) in [4.78, 5) is 0. The second-order valence-electron chi connectivity index (χ2n) is 3.21. The number of nitrogens with two attached hydrogens (primary N) is 1. The van der Waals surface area contributed by atoms with E-state index in [2.05, 4.69) is 11.2 Å². The van der Waals surface area contributed by atoms with Gasteiger partial charge in [-0.05, 0) is 0 Å². The third kappa shape index (κ3) is 2.45. The van der Waals surface area contributed by atoms with Crippen LogP contribution in [0.4, 0.5) is 5.82 Å². The van der Waals surface area contributed by atoms with Gasteiger partial charge in [-0.25, -0.2) is 0 Å². The summed E-state index contributed by atoms with van der Waals surface area (Å²) < 4.78 is 1.51. The van der Waals surface area contributed by atoms with Gasteiger partial charge in [-0.15, -0.1) is 0 Å². The second-order valence-corrected chi connectivity index (χ2v) is 3.21. The molecule has 1 heterocycles. The molecule has 0 spiro atoms. The lowest BCUT2D eigenvalue weighted by Gasteiger charge is -1.95. The Morgan fingerprint density at radius 1 is 1.24 bits per heavy atom. The van der Waals surface area contributed by atoms with E-state index in [4.69, 9.17) is 11.0 Å². The summed E-state index contributed by atoms with van der Waals surface area (Å²) in [5, 5.41) is 13.2. The molecular weight excluding hydrogens is 212 g/mol. The predicted molar refractivity (Wildman–Crippen MR) is 69.1 cm³/mol. The van der Waals surface area contributed by atoms with Crippen LogP contribution in [0, 0.1) is 11.3 Å². The van der Waals surface area contributed by atoms with Crippen LogP contribution in [0.1, 0.15) is 19.4 Å². The molecular formula is C13H16N4. The minimum atomic E-state index is 0.399. The van der Waals surface area contributed by atoms with Crippen LogP contribution in [0.15, 0.2) is 30.3 Å². The van der Waals surface area contributed by atoms with E-state index in [1.54, 1.807) is 7.05 Å². The van der Waals surface area contributed by atoms with Gasteiger partial charge in [0.15, 0.2) is 0 Å². The van der Waals surface area contributed by atoms with Crippen molar-refractivity contribution in [1.29, 1.82) is 5.26 Å². The van der Waals surface area contributed by atoms with E-state index in [-0.39, 0.29) is 0 Å². The Bertz CT molecular complexity index is 520. The summed E-state index contributed by atoms with van der Waals surface area (Å²) in [6.45, 7) is 4.00. The molecule has 4 nitrogen and oxygen atoms in total. The number of hydrogen-bond donors (Lipinski definition) is 1. The highest BCUT2D eigenvalue weighted by Crippen LogP contribution is 2.25. The van der Waals surface area contributed by atoms with E-state index < -0.39 is 0 Å². The molecule has 0 saturated carbocycles. The number of aryl methyl sites for hydroxylation is 1. The summed E-state index contributed by atoms with van der Waals surface area (Å²) >= 11 is 0. The van der Waals surface area contributed by atoms with Crippen LogP contribution in [0.5, 0.6) is 0 Å². The summed E-state index contributed by atoms with van der Waals surface area (Å²) in [6, 6.07) is 11.6. The molecule has 2 N–H and O–H groups in total. The average Bonchev–Trinajstić information content (AvgIpc) is 2.69. The highest BCUT2D eigenvalue weighted by atomic mass is 15.3. The molecule has 2 aromatic rings. The van der Waals surface area contributed by atoms with Crippen LogP contribution in [0.2, 0.25) is 0 Å². The molecule has 0 aliphatic rings.